The number of halogens is 3. The van der Waals surface area contributed by atoms with Crippen LogP contribution >= 0.6 is 34.8 Å². The molecule has 8 N–H and O–H groups in total. The molecule has 2 amide bonds. The minimum absolute atomic E-state index is 0.0936. The number of aliphatic hydroxyl groups excluding tert-OH is 1. The Hall–Kier alpha value is -5.79. The lowest BCUT2D eigenvalue weighted by Crippen LogP contribution is -2.42. The highest BCUT2D eigenvalue weighted by Crippen LogP contribution is 2.30. The maximum absolute atomic E-state index is 12.3. The molecule has 4 aromatic rings. The topological polar surface area (TPSA) is 306 Å². The Bertz CT molecular complexity index is 2670. The van der Waals surface area contributed by atoms with Crippen molar-refractivity contribution < 1.29 is 28.9 Å². The molecule has 6 fully saturated rings. The van der Waals surface area contributed by atoms with Gasteiger partial charge in [0, 0.05) is 82.2 Å². The number of H-pyrrole nitrogens is 2. The van der Waals surface area contributed by atoms with E-state index in [4.69, 9.17) is 54.7 Å². The average molecular weight is 1090 g/mol. The van der Waals surface area contributed by atoms with Gasteiger partial charge in [0.1, 0.15) is 27.3 Å². The largest absolute Gasteiger partial charge is 0.444 e. The normalized spacial score (nSPS) is 25.7. The number of ether oxygens (including phenoxy) is 3. The van der Waals surface area contributed by atoms with Crippen LogP contribution in [0.15, 0.2) is 51.4 Å². The molecule has 4 saturated heterocycles. The maximum atomic E-state index is 12.3. The lowest BCUT2D eigenvalue weighted by molar-refractivity contribution is -0.0424. The highest BCUT2D eigenvalue weighted by atomic mass is 35.5. The number of nitrogens with two attached hydrogens (primary N) is 1. The van der Waals surface area contributed by atoms with Gasteiger partial charge in [0.25, 0.3) is 16.7 Å². The predicted octanol–water partition coefficient (Wildman–Crippen LogP) is 4.11. The number of β-amino-alcohol motifs (C(OH)–C–C–N with tert-alkyl or cyclic N) is 1. The van der Waals surface area contributed by atoms with Crippen molar-refractivity contribution in [3.63, 3.8) is 0 Å². The number of hydrogen-bond acceptors (Lipinski definition) is 19. The van der Waals surface area contributed by atoms with Gasteiger partial charge >= 0.3 is 12.2 Å². The van der Waals surface area contributed by atoms with E-state index in [0.29, 0.717) is 94.2 Å². The van der Waals surface area contributed by atoms with Gasteiger partial charge in [0.15, 0.2) is 6.23 Å². The molecule has 0 spiro atoms. The molecule has 402 valence electrons. The fourth-order valence-electron chi connectivity index (χ4n) is 9.92. The number of rotatable bonds is 10. The lowest BCUT2D eigenvalue weighted by Gasteiger charge is -2.29. The van der Waals surface area contributed by atoms with Crippen LogP contribution in [0.1, 0.15) is 96.1 Å². The number of carbonyl (C=O) groups excluding carboxylic acids is 2. The molecule has 74 heavy (non-hydrogen) atoms. The Morgan fingerprint density at radius 1 is 0.662 bits per heavy atom. The second-order valence-corrected chi connectivity index (χ2v) is 20.4. The van der Waals surface area contributed by atoms with Crippen molar-refractivity contribution in [3.05, 3.63) is 83.2 Å². The van der Waals surface area contributed by atoms with Crippen LogP contribution in [0.4, 0.5) is 32.6 Å². The lowest BCUT2D eigenvalue weighted by atomic mass is 9.91. The van der Waals surface area contributed by atoms with Gasteiger partial charge in [-0.15, -0.1) is 0 Å². The summed E-state index contributed by atoms with van der Waals surface area (Å²) in [4.78, 5) is 73.9. The van der Waals surface area contributed by atoms with Crippen molar-refractivity contribution in [2.75, 3.05) is 65.9 Å². The third-order valence-electron chi connectivity index (χ3n) is 14.0. The summed E-state index contributed by atoms with van der Waals surface area (Å²) in [7, 11) is 0. The molecular weight excluding hydrogens is 1020 g/mol. The zero-order chi connectivity index (χ0) is 52.1. The number of aromatic nitrogens is 8. The van der Waals surface area contributed by atoms with E-state index in [1.165, 1.54) is 17.1 Å². The van der Waals surface area contributed by atoms with E-state index in [9.17, 15) is 29.1 Å². The van der Waals surface area contributed by atoms with E-state index < -0.39 is 23.3 Å². The molecule has 2 saturated carbocycles. The molecule has 0 aromatic carbocycles. The maximum Gasteiger partial charge on any atom is 0.407 e. The minimum Gasteiger partial charge on any atom is -0.444 e. The van der Waals surface area contributed by atoms with Gasteiger partial charge in [-0.25, -0.2) is 29.8 Å². The van der Waals surface area contributed by atoms with Gasteiger partial charge in [-0.3, -0.25) is 14.4 Å². The smallest absolute Gasteiger partial charge is 0.407 e. The average Bonchev–Trinajstić information content (AvgIpc) is 4.18. The van der Waals surface area contributed by atoms with Crippen LogP contribution in [0.3, 0.4) is 0 Å². The second-order valence-electron chi connectivity index (χ2n) is 19.3. The zero-order valence-electron chi connectivity index (χ0n) is 40.9. The first kappa shape index (κ1) is 54.5. The van der Waals surface area contributed by atoms with Crippen molar-refractivity contribution in [2.45, 2.75) is 139 Å². The van der Waals surface area contributed by atoms with Crippen molar-refractivity contribution in [2.24, 2.45) is 5.73 Å². The third-order valence-corrected chi connectivity index (χ3v) is 15.1. The van der Waals surface area contributed by atoms with Crippen LogP contribution in [0.5, 0.6) is 0 Å². The van der Waals surface area contributed by atoms with Crippen LogP contribution in [0.2, 0.25) is 15.1 Å². The summed E-state index contributed by atoms with van der Waals surface area (Å²) >= 11 is 18.3. The fraction of sp³-hybridized carbons (Fsp3) is 0.617. The van der Waals surface area contributed by atoms with E-state index >= 15 is 0 Å². The van der Waals surface area contributed by atoms with Gasteiger partial charge in [-0.05, 0) is 83.1 Å². The number of carbonyl (C=O) groups is 2. The van der Waals surface area contributed by atoms with Gasteiger partial charge in [0.2, 0.25) is 5.95 Å². The van der Waals surface area contributed by atoms with Crippen LogP contribution in [0, 0.1) is 0 Å². The summed E-state index contributed by atoms with van der Waals surface area (Å²) in [6, 6.07) is 2.57. The van der Waals surface area contributed by atoms with Crippen LogP contribution < -0.4 is 53.1 Å². The first-order chi connectivity index (χ1) is 35.8. The number of nitrogens with zero attached hydrogens (tertiary/aromatic N) is 9. The quantitative estimate of drug-likeness (QED) is 0.118. The Kier molecular flexibility index (Phi) is 19.2. The summed E-state index contributed by atoms with van der Waals surface area (Å²) in [6.07, 6.45) is 18.2. The molecule has 4 aliphatic heterocycles. The van der Waals surface area contributed by atoms with Crippen LogP contribution in [-0.4, -0.2) is 146 Å². The summed E-state index contributed by atoms with van der Waals surface area (Å²) in [5, 5.41) is 35.5. The third kappa shape index (κ3) is 14.7. The number of nitrogens with one attached hydrogen (secondary N) is 5. The van der Waals surface area contributed by atoms with E-state index in [1.54, 1.807) is 24.7 Å². The van der Waals surface area contributed by atoms with Crippen molar-refractivity contribution in [3.8, 4) is 0 Å². The fourth-order valence-corrected chi connectivity index (χ4v) is 10.6. The molecule has 1 unspecified atom stereocenters. The zero-order valence-corrected chi connectivity index (χ0v) is 43.1. The molecule has 8 heterocycles. The molecule has 4 atom stereocenters. The van der Waals surface area contributed by atoms with Crippen molar-refractivity contribution in [1.29, 1.82) is 0 Å². The first-order valence-corrected chi connectivity index (χ1v) is 26.4. The van der Waals surface area contributed by atoms with E-state index in [2.05, 4.69) is 51.4 Å². The Balaban J connectivity index is 0.000000151. The molecule has 10 rings (SSSR count). The van der Waals surface area contributed by atoms with Gasteiger partial charge < -0.3 is 55.7 Å². The molecule has 6 aliphatic rings. The molecule has 2 aliphatic carbocycles. The second kappa shape index (κ2) is 26.1. The molecule has 4 aromatic heterocycles. The summed E-state index contributed by atoms with van der Waals surface area (Å²) in [5.41, 5.74) is 6.40. The van der Waals surface area contributed by atoms with Gasteiger partial charge in [-0.1, -0.05) is 34.8 Å². The minimum atomic E-state index is -0.430. The van der Waals surface area contributed by atoms with E-state index in [-0.39, 0.29) is 63.3 Å². The monoisotopic (exact) mass is 1090 g/mol. The Morgan fingerprint density at radius 2 is 1.18 bits per heavy atom. The molecule has 27 heteroatoms. The number of anilines is 4. The Labute approximate surface area is 441 Å². The molecule has 24 nitrogen and oxygen atoms in total. The van der Waals surface area contributed by atoms with Crippen molar-refractivity contribution >= 4 is 70.0 Å². The van der Waals surface area contributed by atoms with Crippen LogP contribution in [0.25, 0.3) is 0 Å². The molecular formula is C47H64Cl3N15O9. The number of hydrogen-bond donors (Lipinski definition) is 7. The predicted molar refractivity (Wildman–Crippen MR) is 277 cm³/mol. The summed E-state index contributed by atoms with van der Waals surface area (Å²) in [5.74, 6) is 0.634. The number of amides is 2. The van der Waals surface area contributed by atoms with Crippen molar-refractivity contribution in [1.82, 2.24) is 50.8 Å². The SMILES string of the molecule is NC1CCC(NC(=O)O[C@@H]2CCN(c3cn[nH]c(=O)c3Cl)C2)CC1.O=C(NC1CCC(Nc2ncccn2)CC1)O[C@@H]1CCN(c2cn[nH]c(=O)c2Cl)C1.O=c1c(Cl)c(N2CC[C@@H](O)C2)cnn1C1CCCCO1. The van der Waals surface area contributed by atoms with E-state index in [1.807, 2.05) is 14.7 Å². The summed E-state index contributed by atoms with van der Waals surface area (Å²) in [6.45, 7) is 4.09. The first-order valence-electron chi connectivity index (χ1n) is 25.3. The highest BCUT2D eigenvalue weighted by Gasteiger charge is 2.32. The molecule has 0 radical (unpaired) electrons. The molecule has 0 bridgehead atoms. The number of alkyl carbamates (subject to hydrolysis) is 2. The number of aliphatic hydroxyl groups is 1. The summed E-state index contributed by atoms with van der Waals surface area (Å²) < 4.78 is 18.0. The van der Waals surface area contributed by atoms with Crippen LogP contribution in [-0.2, 0) is 14.2 Å². The number of aromatic amines is 2. The van der Waals surface area contributed by atoms with Gasteiger partial charge in [-0.2, -0.15) is 20.0 Å². The van der Waals surface area contributed by atoms with Gasteiger partial charge in [0.05, 0.1) is 54.8 Å². The van der Waals surface area contributed by atoms with E-state index in [0.717, 1.165) is 70.6 Å². The highest BCUT2D eigenvalue weighted by molar-refractivity contribution is 6.33. The standard InChI is InChI=1S/C19H24ClN7O3.C15H22ClN5O3.C13H18ClN3O3/c20-16-15(10-23-26-17(16)28)27-9-6-14(11-27)30-19(29)25-13-4-2-12(3-5-13)24-18-21-7-1-8-22-18;16-13-12(7-18-20-14(13)22)21-6-5-11(8-21)24-15(23)19-10-3-1-9(17)2-4-10;14-12-10(16-5-4-9(18)8-16)7-15-17(13(12)19)11-3-1-2-6-20-11/h1,7-8,10,12-14H,2-6,9,11H2,(H,25,29)(H,26,28)(H,21,22,24);7,9-11H,1-6,8,17H2,(H,19,23)(H,20,22);7,9,11,18H,1-6,8H2/t12?,13?,14-;9?,10?,11-;9-,11?/m111/s1. The Morgan fingerprint density at radius 3 is 1.70 bits per heavy atom.